The molecule has 3 nitrogen and oxygen atoms in total. The Bertz CT molecular complexity index is 677. The van der Waals surface area contributed by atoms with Crippen LogP contribution in [0.15, 0.2) is 16.6 Å². The first-order valence-corrected chi connectivity index (χ1v) is 9.61. The molecule has 2 unspecified atom stereocenters. The summed E-state index contributed by atoms with van der Waals surface area (Å²) in [7, 11) is -0.865. The zero-order chi connectivity index (χ0) is 15.6. The first-order chi connectivity index (χ1) is 9.93. The van der Waals surface area contributed by atoms with E-state index >= 15 is 0 Å². The largest absolute Gasteiger partial charge is 0.328 e. The van der Waals surface area contributed by atoms with Crippen molar-refractivity contribution in [2.24, 2.45) is 0 Å². The van der Waals surface area contributed by atoms with Gasteiger partial charge >= 0.3 is 0 Å². The summed E-state index contributed by atoms with van der Waals surface area (Å²) in [6.07, 6.45) is 3.08. The quantitative estimate of drug-likeness (QED) is 0.696. The first-order valence-electron chi connectivity index (χ1n) is 6.66. The fourth-order valence-corrected chi connectivity index (χ4v) is 3.11. The first kappa shape index (κ1) is 16.9. The molecule has 7 heteroatoms. The van der Waals surface area contributed by atoms with Crippen LogP contribution in [-0.2, 0) is 23.8 Å². The number of imidazole rings is 1. The number of hydrogen-bond donors (Lipinski definition) is 0. The van der Waals surface area contributed by atoms with Crippen molar-refractivity contribution < 1.29 is 8.60 Å². The fourth-order valence-electron chi connectivity index (χ4n) is 2.17. The lowest BCUT2D eigenvalue weighted by atomic mass is 10.3. The van der Waals surface area contributed by atoms with E-state index in [1.165, 1.54) is 6.07 Å². The van der Waals surface area contributed by atoms with E-state index in [2.05, 4.69) is 20.9 Å². The molecule has 0 radical (unpaired) electrons. The van der Waals surface area contributed by atoms with E-state index in [1.54, 1.807) is 12.3 Å². The number of aryl methyl sites for hydroxylation is 2. The van der Waals surface area contributed by atoms with E-state index in [-0.39, 0.29) is 11.1 Å². The number of rotatable bonds is 6. The second kappa shape index (κ2) is 7.20. The highest BCUT2D eigenvalue weighted by atomic mass is 79.9. The van der Waals surface area contributed by atoms with Gasteiger partial charge in [-0.15, -0.1) is 11.6 Å². The second-order valence-electron chi connectivity index (χ2n) is 4.97. The molecule has 1 aromatic carbocycles. The molecule has 0 saturated carbocycles. The SMILES string of the molecule is CC(CCn1c(CCCl)nc2cc(Br)c(F)cc21)S(C)=O. The molecule has 21 heavy (non-hydrogen) atoms. The van der Waals surface area contributed by atoms with Gasteiger partial charge in [0.15, 0.2) is 0 Å². The number of nitrogens with zero attached hydrogens (tertiary/aromatic N) is 2. The third-order valence-corrected chi connectivity index (χ3v) is 5.68. The topological polar surface area (TPSA) is 34.9 Å². The van der Waals surface area contributed by atoms with Crippen molar-refractivity contribution >= 4 is 49.4 Å². The summed E-state index contributed by atoms with van der Waals surface area (Å²) in [5.74, 6) is 0.988. The molecule has 2 aromatic rings. The molecule has 0 N–H and O–H groups in total. The average molecular weight is 396 g/mol. The third kappa shape index (κ3) is 3.85. The molecule has 0 aliphatic rings. The highest BCUT2D eigenvalue weighted by Crippen LogP contribution is 2.25. The molecule has 0 saturated heterocycles. The van der Waals surface area contributed by atoms with Crippen LogP contribution >= 0.6 is 27.5 Å². The van der Waals surface area contributed by atoms with Gasteiger partial charge < -0.3 is 4.57 Å². The molecule has 1 aromatic heterocycles. The summed E-state index contributed by atoms with van der Waals surface area (Å²) in [5.41, 5.74) is 1.50. The number of fused-ring (bicyclic) bond motifs is 1. The maximum absolute atomic E-state index is 13.8. The van der Waals surface area contributed by atoms with Crippen LogP contribution in [0.25, 0.3) is 11.0 Å². The molecule has 0 aliphatic carbocycles. The van der Waals surface area contributed by atoms with Crippen molar-refractivity contribution in [1.29, 1.82) is 0 Å². The van der Waals surface area contributed by atoms with Gasteiger partial charge in [-0.3, -0.25) is 4.21 Å². The maximum atomic E-state index is 13.8. The summed E-state index contributed by atoms with van der Waals surface area (Å²) >= 11 is 9.01. The van der Waals surface area contributed by atoms with Gasteiger partial charge in [0.25, 0.3) is 0 Å². The van der Waals surface area contributed by atoms with Crippen molar-refractivity contribution in [3.8, 4) is 0 Å². The monoisotopic (exact) mass is 394 g/mol. The van der Waals surface area contributed by atoms with Gasteiger partial charge in [-0.2, -0.15) is 0 Å². The van der Waals surface area contributed by atoms with Crippen LogP contribution in [0.5, 0.6) is 0 Å². The smallest absolute Gasteiger partial charge is 0.139 e. The molecule has 2 atom stereocenters. The van der Waals surface area contributed by atoms with Gasteiger partial charge in [-0.05, 0) is 28.4 Å². The minimum Gasteiger partial charge on any atom is -0.328 e. The molecular weight excluding hydrogens is 379 g/mol. The Morgan fingerprint density at radius 2 is 2.24 bits per heavy atom. The number of halogens is 3. The zero-order valence-corrected chi connectivity index (χ0v) is 15.1. The van der Waals surface area contributed by atoms with Crippen LogP contribution in [0.2, 0.25) is 0 Å². The summed E-state index contributed by atoms with van der Waals surface area (Å²) in [5, 5.41) is 0.0894. The Morgan fingerprint density at radius 3 is 2.86 bits per heavy atom. The summed E-state index contributed by atoms with van der Waals surface area (Å²) in [4.78, 5) is 4.53. The predicted octanol–water partition coefficient (Wildman–Crippen LogP) is 3.88. The molecule has 2 rings (SSSR count). The Morgan fingerprint density at radius 1 is 1.52 bits per heavy atom. The molecule has 1 heterocycles. The molecule has 0 aliphatic heterocycles. The summed E-state index contributed by atoms with van der Waals surface area (Å²) in [6.45, 7) is 2.61. The fraction of sp³-hybridized carbons (Fsp3) is 0.500. The van der Waals surface area contributed by atoms with Crippen molar-refractivity contribution in [3.05, 3.63) is 28.2 Å². The van der Waals surface area contributed by atoms with Gasteiger partial charge in [0.2, 0.25) is 0 Å². The van der Waals surface area contributed by atoms with E-state index in [0.717, 1.165) is 23.3 Å². The lowest BCUT2D eigenvalue weighted by molar-refractivity contribution is 0.605. The minimum absolute atomic E-state index is 0.0894. The van der Waals surface area contributed by atoms with E-state index in [4.69, 9.17) is 11.6 Å². The number of alkyl halides is 1. The van der Waals surface area contributed by atoms with Crippen LogP contribution < -0.4 is 0 Å². The van der Waals surface area contributed by atoms with Crippen molar-refractivity contribution in [3.63, 3.8) is 0 Å². The van der Waals surface area contributed by atoms with Crippen molar-refractivity contribution in [1.82, 2.24) is 9.55 Å². The van der Waals surface area contributed by atoms with Crippen LogP contribution in [0.1, 0.15) is 19.2 Å². The van der Waals surface area contributed by atoms with E-state index in [1.807, 2.05) is 11.5 Å². The summed E-state index contributed by atoms with van der Waals surface area (Å²) < 4.78 is 27.6. The average Bonchev–Trinajstić information content (AvgIpc) is 2.74. The van der Waals surface area contributed by atoms with E-state index in [9.17, 15) is 8.60 Å². The Labute approximate surface area is 139 Å². The second-order valence-corrected chi connectivity index (χ2v) is 8.01. The lowest BCUT2D eigenvalue weighted by Gasteiger charge is -2.12. The molecule has 0 fully saturated rings. The van der Waals surface area contributed by atoms with Gasteiger partial charge in [-0.1, -0.05) is 6.92 Å². The van der Waals surface area contributed by atoms with E-state index in [0.29, 0.717) is 23.3 Å². The van der Waals surface area contributed by atoms with Gasteiger partial charge in [0.1, 0.15) is 11.6 Å². The highest BCUT2D eigenvalue weighted by Gasteiger charge is 2.15. The van der Waals surface area contributed by atoms with Crippen LogP contribution in [0.3, 0.4) is 0 Å². The number of aromatic nitrogens is 2. The minimum atomic E-state index is -0.865. The van der Waals surface area contributed by atoms with Gasteiger partial charge in [0.05, 0.1) is 15.5 Å². The van der Waals surface area contributed by atoms with Crippen LogP contribution in [0, 0.1) is 5.82 Å². The zero-order valence-electron chi connectivity index (χ0n) is 11.9. The standard InChI is InChI=1S/C14H17BrClFN2OS/c1-9(21(2)20)4-6-19-13-8-11(17)10(15)7-12(13)18-14(19)3-5-16/h7-9H,3-6H2,1-2H3. The molecule has 0 spiro atoms. The van der Waals surface area contributed by atoms with Crippen molar-refractivity contribution in [2.45, 2.75) is 31.6 Å². The number of hydrogen-bond acceptors (Lipinski definition) is 2. The molecule has 0 amide bonds. The normalized spacial score (nSPS) is 14.5. The Hall–Kier alpha value is -0.460. The third-order valence-electron chi connectivity index (χ3n) is 3.51. The summed E-state index contributed by atoms with van der Waals surface area (Å²) in [6, 6.07) is 3.16. The molecular formula is C14H17BrClFN2OS. The van der Waals surface area contributed by atoms with Crippen LogP contribution in [0.4, 0.5) is 4.39 Å². The Kier molecular flexibility index (Phi) is 5.80. The Balaban J connectivity index is 2.40. The highest BCUT2D eigenvalue weighted by molar-refractivity contribution is 9.10. The number of benzene rings is 1. The van der Waals surface area contributed by atoms with Crippen molar-refractivity contribution in [2.75, 3.05) is 12.1 Å². The predicted molar refractivity (Wildman–Crippen MR) is 90.0 cm³/mol. The lowest BCUT2D eigenvalue weighted by Crippen LogP contribution is -2.14. The molecule has 116 valence electrons. The van der Waals surface area contributed by atoms with Gasteiger partial charge in [0, 0.05) is 47.2 Å². The van der Waals surface area contributed by atoms with Crippen LogP contribution in [-0.4, -0.2) is 31.1 Å². The van der Waals surface area contributed by atoms with Gasteiger partial charge in [-0.25, -0.2) is 9.37 Å². The van der Waals surface area contributed by atoms with E-state index < -0.39 is 10.8 Å². The molecule has 0 bridgehead atoms. The maximum Gasteiger partial charge on any atom is 0.139 e.